The fraction of sp³-hybridized carbons (Fsp3) is 0.545. The van der Waals surface area contributed by atoms with Crippen LogP contribution in [-0.4, -0.2) is 46.7 Å². The molecule has 150 valence electrons. The largest absolute Gasteiger partial charge is 0.497 e. The van der Waals surface area contributed by atoms with Crippen molar-refractivity contribution in [2.75, 3.05) is 20.3 Å². The minimum absolute atomic E-state index is 0.158. The molecule has 0 spiro atoms. The van der Waals surface area contributed by atoms with Crippen molar-refractivity contribution >= 4 is 5.91 Å². The minimum atomic E-state index is 0.158. The monoisotopic (exact) mass is 383 g/mol. The molecule has 1 saturated heterocycles. The molecule has 1 aliphatic carbocycles. The number of carbonyl (C=O) groups excluding carboxylic acids is 1. The lowest BCUT2D eigenvalue weighted by Gasteiger charge is -2.33. The van der Waals surface area contributed by atoms with Crippen LogP contribution in [0.25, 0.3) is 0 Å². The topological polar surface area (TPSA) is 56.6 Å². The van der Waals surface area contributed by atoms with Gasteiger partial charge in [0.25, 0.3) is 0 Å². The summed E-state index contributed by atoms with van der Waals surface area (Å²) in [4.78, 5) is 19.5. The van der Waals surface area contributed by atoms with Crippen molar-refractivity contribution < 1.29 is 14.3 Å². The first kappa shape index (κ1) is 19.0. The maximum atomic E-state index is 13.0. The van der Waals surface area contributed by atoms with Gasteiger partial charge in [-0.2, -0.15) is 0 Å². The molecular formula is C22H29N3O3. The molecule has 6 heteroatoms. The number of aromatic nitrogens is 2. The van der Waals surface area contributed by atoms with Gasteiger partial charge in [0.05, 0.1) is 19.8 Å². The van der Waals surface area contributed by atoms with Crippen molar-refractivity contribution in [2.24, 2.45) is 5.92 Å². The Kier molecular flexibility index (Phi) is 5.95. The average molecular weight is 383 g/mol. The van der Waals surface area contributed by atoms with E-state index in [1.54, 1.807) is 7.11 Å². The minimum Gasteiger partial charge on any atom is -0.497 e. The summed E-state index contributed by atoms with van der Waals surface area (Å²) in [7, 11) is 1.68. The highest BCUT2D eigenvalue weighted by Crippen LogP contribution is 2.29. The number of hydrogen-bond donors (Lipinski definition) is 0. The van der Waals surface area contributed by atoms with Crippen LogP contribution in [0.4, 0.5) is 0 Å². The van der Waals surface area contributed by atoms with Crippen LogP contribution in [0, 0.1) is 5.92 Å². The number of carbonyl (C=O) groups is 1. The highest BCUT2D eigenvalue weighted by molar-refractivity contribution is 5.79. The van der Waals surface area contributed by atoms with E-state index in [1.165, 1.54) is 0 Å². The zero-order chi connectivity index (χ0) is 19.3. The van der Waals surface area contributed by atoms with Crippen LogP contribution >= 0.6 is 0 Å². The van der Waals surface area contributed by atoms with Gasteiger partial charge in [-0.15, -0.1) is 0 Å². The molecular weight excluding hydrogens is 354 g/mol. The second kappa shape index (κ2) is 8.78. The summed E-state index contributed by atoms with van der Waals surface area (Å²) in [6.07, 6.45) is 9.26. The van der Waals surface area contributed by atoms with Crippen LogP contribution in [0.15, 0.2) is 36.7 Å². The van der Waals surface area contributed by atoms with E-state index >= 15 is 0 Å². The molecule has 1 atom stereocenters. The van der Waals surface area contributed by atoms with Gasteiger partial charge in [0.2, 0.25) is 5.91 Å². The van der Waals surface area contributed by atoms with Crippen molar-refractivity contribution in [3.63, 3.8) is 0 Å². The van der Waals surface area contributed by atoms with Gasteiger partial charge >= 0.3 is 0 Å². The third-order valence-corrected chi connectivity index (χ3v) is 5.84. The third kappa shape index (κ3) is 4.38. The van der Waals surface area contributed by atoms with E-state index in [9.17, 15) is 4.79 Å². The molecule has 1 aromatic carbocycles. The molecule has 0 unspecified atom stereocenters. The molecule has 2 fully saturated rings. The van der Waals surface area contributed by atoms with Gasteiger partial charge in [-0.25, -0.2) is 4.98 Å². The zero-order valence-corrected chi connectivity index (χ0v) is 16.5. The lowest BCUT2D eigenvalue weighted by Crippen LogP contribution is -2.42. The molecule has 1 aromatic heterocycles. The quantitative estimate of drug-likeness (QED) is 0.702. The fourth-order valence-corrected chi connectivity index (χ4v) is 3.95. The van der Waals surface area contributed by atoms with Crippen LogP contribution < -0.4 is 4.74 Å². The summed E-state index contributed by atoms with van der Waals surface area (Å²) in [5.41, 5.74) is 1.15. The van der Waals surface area contributed by atoms with E-state index in [4.69, 9.17) is 9.47 Å². The number of ether oxygens (including phenoxy) is 2. The highest BCUT2D eigenvalue weighted by atomic mass is 16.5. The van der Waals surface area contributed by atoms with E-state index in [0.29, 0.717) is 19.6 Å². The normalized spacial score (nSPS) is 19.4. The maximum absolute atomic E-state index is 13.0. The number of rotatable bonds is 8. The van der Waals surface area contributed by atoms with Gasteiger partial charge in [-0.05, 0) is 43.4 Å². The van der Waals surface area contributed by atoms with Crippen molar-refractivity contribution in [3.05, 3.63) is 48.0 Å². The lowest BCUT2D eigenvalue weighted by atomic mass is 9.84. The first-order valence-electron chi connectivity index (χ1n) is 10.3. The Morgan fingerprint density at radius 3 is 2.93 bits per heavy atom. The molecule has 28 heavy (non-hydrogen) atoms. The van der Waals surface area contributed by atoms with Gasteiger partial charge < -0.3 is 18.9 Å². The average Bonchev–Trinajstić information content (AvgIpc) is 3.32. The van der Waals surface area contributed by atoms with Crippen molar-refractivity contribution in [1.82, 2.24) is 14.5 Å². The summed E-state index contributed by atoms with van der Waals surface area (Å²) < 4.78 is 13.2. The molecule has 2 aliphatic rings. The van der Waals surface area contributed by atoms with Crippen LogP contribution in [-0.2, 0) is 22.6 Å². The Bertz CT molecular complexity index is 794. The van der Waals surface area contributed by atoms with Gasteiger partial charge in [0.15, 0.2) is 0 Å². The number of nitrogens with zero attached hydrogens (tertiary/aromatic N) is 3. The summed E-state index contributed by atoms with van der Waals surface area (Å²) in [5, 5.41) is 0. The molecule has 1 aliphatic heterocycles. The fourth-order valence-electron chi connectivity index (χ4n) is 3.95. The second-order valence-electron chi connectivity index (χ2n) is 7.80. The summed E-state index contributed by atoms with van der Waals surface area (Å²) in [5.74, 6) is 2.20. The molecule has 2 heterocycles. The Hall–Kier alpha value is -2.34. The van der Waals surface area contributed by atoms with Gasteiger partial charge in [0.1, 0.15) is 11.6 Å². The SMILES string of the molecule is COc1cccc(Cn2ccnc2CN(C[C@@H]2CCCO2)C(=O)C2CCC2)c1. The molecule has 1 saturated carbocycles. The van der Waals surface area contributed by atoms with E-state index in [1.807, 2.05) is 35.5 Å². The van der Waals surface area contributed by atoms with Gasteiger partial charge in [-0.3, -0.25) is 4.79 Å². The summed E-state index contributed by atoms with van der Waals surface area (Å²) >= 11 is 0. The lowest BCUT2D eigenvalue weighted by molar-refractivity contribution is -0.140. The Balaban J connectivity index is 1.48. The maximum Gasteiger partial charge on any atom is 0.226 e. The first-order chi connectivity index (χ1) is 13.7. The molecule has 4 rings (SSSR count). The van der Waals surface area contributed by atoms with Crippen LogP contribution in [0.3, 0.4) is 0 Å². The van der Waals surface area contributed by atoms with Crippen LogP contribution in [0.1, 0.15) is 43.5 Å². The summed E-state index contributed by atoms with van der Waals surface area (Å²) in [6, 6.07) is 8.05. The highest BCUT2D eigenvalue weighted by Gasteiger charge is 2.32. The van der Waals surface area contributed by atoms with Crippen LogP contribution in [0.5, 0.6) is 5.75 Å². The number of amides is 1. The van der Waals surface area contributed by atoms with Crippen molar-refractivity contribution in [2.45, 2.75) is 51.3 Å². The van der Waals surface area contributed by atoms with Crippen molar-refractivity contribution in [1.29, 1.82) is 0 Å². The van der Waals surface area contributed by atoms with Crippen molar-refractivity contribution in [3.8, 4) is 5.75 Å². The molecule has 0 radical (unpaired) electrons. The smallest absolute Gasteiger partial charge is 0.226 e. The Morgan fingerprint density at radius 1 is 1.32 bits per heavy atom. The number of benzene rings is 1. The number of hydrogen-bond acceptors (Lipinski definition) is 4. The molecule has 0 N–H and O–H groups in total. The predicted molar refractivity (Wildman–Crippen MR) is 106 cm³/mol. The number of methoxy groups -OCH3 is 1. The second-order valence-corrected chi connectivity index (χ2v) is 7.80. The molecule has 0 bridgehead atoms. The standard InChI is InChI=1S/C22H29N3O3/c1-27-19-8-2-5-17(13-19)14-24-11-10-23-21(24)16-25(15-20-9-4-12-28-20)22(26)18-6-3-7-18/h2,5,8,10-11,13,18,20H,3-4,6-7,9,12,14-16H2,1H3/t20-/m0/s1. The molecule has 1 amide bonds. The molecule has 2 aromatic rings. The zero-order valence-electron chi connectivity index (χ0n) is 16.5. The first-order valence-corrected chi connectivity index (χ1v) is 10.3. The van der Waals surface area contributed by atoms with Gasteiger partial charge in [0, 0.05) is 38.0 Å². The predicted octanol–water partition coefficient (Wildman–Crippen LogP) is 3.25. The van der Waals surface area contributed by atoms with E-state index in [0.717, 1.165) is 55.8 Å². The number of imidazole rings is 1. The van der Waals surface area contributed by atoms with Gasteiger partial charge in [-0.1, -0.05) is 18.6 Å². The Morgan fingerprint density at radius 2 is 2.21 bits per heavy atom. The van der Waals surface area contributed by atoms with E-state index in [2.05, 4.69) is 15.6 Å². The van der Waals surface area contributed by atoms with Crippen LogP contribution in [0.2, 0.25) is 0 Å². The summed E-state index contributed by atoms with van der Waals surface area (Å²) in [6.45, 7) is 2.71. The Labute approximate surface area is 166 Å². The van der Waals surface area contributed by atoms with E-state index < -0.39 is 0 Å². The van der Waals surface area contributed by atoms with E-state index in [-0.39, 0.29) is 17.9 Å². The third-order valence-electron chi connectivity index (χ3n) is 5.84. The molecule has 6 nitrogen and oxygen atoms in total.